The van der Waals surface area contributed by atoms with Gasteiger partial charge < -0.3 is 14.3 Å². The topological polar surface area (TPSA) is 42.6 Å². The van der Waals surface area contributed by atoms with Crippen LogP contribution in [0.25, 0.3) is 0 Å². The zero-order valence-corrected chi connectivity index (χ0v) is 8.62. The smallest absolute Gasteiger partial charge is 0.0976 e. The average molecular weight is 196 g/mol. The Balaban J connectivity index is 2.24. The van der Waals surface area contributed by atoms with Crippen molar-refractivity contribution in [3.05, 3.63) is 24.2 Å². The van der Waals surface area contributed by atoms with Crippen molar-refractivity contribution in [2.75, 3.05) is 6.61 Å². The Bertz CT molecular complexity index is 302. The largest absolute Gasteiger partial charge is 0.472 e. The van der Waals surface area contributed by atoms with E-state index in [0.29, 0.717) is 19.4 Å². The lowest BCUT2D eigenvalue weighted by Crippen LogP contribution is -2.43. The van der Waals surface area contributed by atoms with Crippen molar-refractivity contribution in [2.24, 2.45) is 0 Å². The van der Waals surface area contributed by atoms with Gasteiger partial charge in [0.2, 0.25) is 0 Å². The van der Waals surface area contributed by atoms with Crippen LogP contribution in [0.2, 0.25) is 0 Å². The molecule has 0 spiro atoms. The molecule has 1 aromatic rings. The first kappa shape index (κ1) is 9.74. The number of rotatable bonds is 1. The lowest BCUT2D eigenvalue weighted by molar-refractivity contribution is -0.148. The minimum absolute atomic E-state index is 0.260. The van der Waals surface area contributed by atoms with Gasteiger partial charge in [0.15, 0.2) is 0 Å². The molecular formula is C11H16O3. The number of ether oxygens (including phenoxy) is 1. The van der Waals surface area contributed by atoms with Gasteiger partial charge in [-0.25, -0.2) is 0 Å². The van der Waals surface area contributed by atoms with Crippen LogP contribution in [0.1, 0.15) is 32.3 Å². The normalized spacial score (nSPS) is 31.6. The van der Waals surface area contributed by atoms with Gasteiger partial charge in [0.05, 0.1) is 30.3 Å². The van der Waals surface area contributed by atoms with E-state index in [9.17, 15) is 5.11 Å². The fourth-order valence-corrected chi connectivity index (χ4v) is 2.12. The van der Waals surface area contributed by atoms with Gasteiger partial charge in [0, 0.05) is 18.4 Å². The molecule has 1 N–H and O–H groups in total. The van der Waals surface area contributed by atoms with E-state index in [1.165, 1.54) is 0 Å². The molecule has 0 radical (unpaired) electrons. The van der Waals surface area contributed by atoms with Crippen LogP contribution < -0.4 is 0 Å². The predicted octanol–water partition coefficient (Wildman–Crippen LogP) is 2.06. The number of hydrogen-bond acceptors (Lipinski definition) is 3. The van der Waals surface area contributed by atoms with Crippen molar-refractivity contribution in [3.8, 4) is 0 Å². The number of furan rings is 1. The minimum atomic E-state index is -0.783. The van der Waals surface area contributed by atoms with E-state index in [4.69, 9.17) is 9.15 Å². The summed E-state index contributed by atoms with van der Waals surface area (Å²) in [4.78, 5) is 0. The molecule has 1 atom stereocenters. The maximum absolute atomic E-state index is 10.4. The summed E-state index contributed by atoms with van der Waals surface area (Å²) < 4.78 is 10.6. The third-order valence-electron chi connectivity index (χ3n) is 2.79. The van der Waals surface area contributed by atoms with Crippen LogP contribution in [0.4, 0.5) is 0 Å². The fraction of sp³-hybridized carbons (Fsp3) is 0.636. The van der Waals surface area contributed by atoms with Crippen LogP contribution in [0.5, 0.6) is 0 Å². The molecule has 1 saturated heterocycles. The second-order valence-corrected chi connectivity index (χ2v) is 4.58. The Morgan fingerprint density at radius 3 is 2.79 bits per heavy atom. The first-order valence-electron chi connectivity index (χ1n) is 4.91. The van der Waals surface area contributed by atoms with E-state index in [1.54, 1.807) is 12.5 Å². The summed E-state index contributed by atoms with van der Waals surface area (Å²) in [6.45, 7) is 4.59. The Hall–Kier alpha value is -0.800. The maximum atomic E-state index is 10.4. The van der Waals surface area contributed by atoms with Crippen molar-refractivity contribution in [3.63, 3.8) is 0 Å². The highest BCUT2D eigenvalue weighted by atomic mass is 16.5. The molecule has 3 nitrogen and oxygen atoms in total. The van der Waals surface area contributed by atoms with Gasteiger partial charge in [-0.05, 0) is 19.9 Å². The van der Waals surface area contributed by atoms with Crippen LogP contribution in [0.3, 0.4) is 0 Å². The van der Waals surface area contributed by atoms with Crippen molar-refractivity contribution in [1.82, 2.24) is 0 Å². The molecule has 0 aliphatic carbocycles. The van der Waals surface area contributed by atoms with E-state index in [-0.39, 0.29) is 5.60 Å². The van der Waals surface area contributed by atoms with Crippen molar-refractivity contribution in [2.45, 2.75) is 37.9 Å². The zero-order valence-electron chi connectivity index (χ0n) is 8.62. The van der Waals surface area contributed by atoms with Gasteiger partial charge in [-0.15, -0.1) is 0 Å². The summed E-state index contributed by atoms with van der Waals surface area (Å²) in [7, 11) is 0. The highest BCUT2D eigenvalue weighted by Gasteiger charge is 2.41. The lowest BCUT2D eigenvalue weighted by Gasteiger charge is -2.41. The molecular weight excluding hydrogens is 180 g/mol. The van der Waals surface area contributed by atoms with Crippen LogP contribution in [0, 0.1) is 0 Å². The van der Waals surface area contributed by atoms with Crippen molar-refractivity contribution >= 4 is 0 Å². The SMILES string of the molecule is CC1(C)CC(O)(c2ccoc2)CCO1. The molecule has 3 heteroatoms. The first-order valence-corrected chi connectivity index (χ1v) is 4.91. The van der Waals surface area contributed by atoms with E-state index >= 15 is 0 Å². The van der Waals surface area contributed by atoms with E-state index in [1.807, 2.05) is 19.9 Å². The third kappa shape index (κ3) is 1.70. The van der Waals surface area contributed by atoms with Gasteiger partial charge in [-0.1, -0.05) is 0 Å². The van der Waals surface area contributed by atoms with Gasteiger partial charge in [0.25, 0.3) is 0 Å². The van der Waals surface area contributed by atoms with Gasteiger partial charge in [0.1, 0.15) is 0 Å². The summed E-state index contributed by atoms with van der Waals surface area (Å²) in [5, 5.41) is 10.4. The summed E-state index contributed by atoms with van der Waals surface area (Å²) in [6, 6.07) is 1.82. The van der Waals surface area contributed by atoms with Crippen LogP contribution >= 0.6 is 0 Å². The van der Waals surface area contributed by atoms with Crippen LogP contribution in [-0.2, 0) is 10.3 Å². The molecule has 78 valence electrons. The van der Waals surface area contributed by atoms with E-state index in [0.717, 1.165) is 5.56 Å². The lowest BCUT2D eigenvalue weighted by atomic mass is 9.80. The molecule has 0 saturated carbocycles. The summed E-state index contributed by atoms with van der Waals surface area (Å²) in [5.74, 6) is 0. The van der Waals surface area contributed by atoms with Crippen LogP contribution in [0.15, 0.2) is 23.0 Å². The molecule has 0 bridgehead atoms. The summed E-state index contributed by atoms with van der Waals surface area (Å²) >= 11 is 0. The van der Waals surface area contributed by atoms with Gasteiger partial charge in [-0.3, -0.25) is 0 Å². The van der Waals surface area contributed by atoms with E-state index in [2.05, 4.69) is 0 Å². The molecule has 2 rings (SSSR count). The second-order valence-electron chi connectivity index (χ2n) is 4.58. The summed E-state index contributed by atoms with van der Waals surface area (Å²) in [5.41, 5.74) is -0.187. The number of hydrogen-bond donors (Lipinski definition) is 1. The zero-order chi connectivity index (χ0) is 10.2. The average Bonchev–Trinajstić information content (AvgIpc) is 2.52. The predicted molar refractivity (Wildman–Crippen MR) is 51.9 cm³/mol. The molecule has 2 heterocycles. The second kappa shape index (κ2) is 3.11. The molecule has 0 aromatic carbocycles. The molecule has 1 aromatic heterocycles. The van der Waals surface area contributed by atoms with Gasteiger partial charge in [-0.2, -0.15) is 0 Å². The highest BCUT2D eigenvalue weighted by Crippen LogP contribution is 2.39. The Morgan fingerprint density at radius 2 is 2.21 bits per heavy atom. The molecule has 1 fully saturated rings. The minimum Gasteiger partial charge on any atom is -0.472 e. The molecule has 14 heavy (non-hydrogen) atoms. The van der Waals surface area contributed by atoms with Gasteiger partial charge >= 0.3 is 0 Å². The maximum Gasteiger partial charge on any atom is 0.0976 e. The fourth-order valence-electron chi connectivity index (χ4n) is 2.12. The Kier molecular flexibility index (Phi) is 2.16. The number of aliphatic hydroxyl groups is 1. The monoisotopic (exact) mass is 196 g/mol. The molecule has 1 unspecified atom stereocenters. The Labute approximate surface area is 83.7 Å². The molecule has 0 amide bonds. The third-order valence-corrected chi connectivity index (χ3v) is 2.79. The highest BCUT2D eigenvalue weighted by molar-refractivity contribution is 5.18. The van der Waals surface area contributed by atoms with E-state index < -0.39 is 5.60 Å². The summed E-state index contributed by atoms with van der Waals surface area (Å²) in [6.07, 6.45) is 4.45. The first-order chi connectivity index (χ1) is 6.52. The van der Waals surface area contributed by atoms with Crippen molar-refractivity contribution in [1.29, 1.82) is 0 Å². The molecule has 1 aliphatic rings. The standard InChI is InChI=1S/C11H16O3/c1-10(2)8-11(12,4-6-14-10)9-3-5-13-7-9/h3,5,7,12H,4,6,8H2,1-2H3. The molecule has 1 aliphatic heterocycles. The Morgan fingerprint density at radius 1 is 1.43 bits per heavy atom. The van der Waals surface area contributed by atoms with Crippen LogP contribution in [-0.4, -0.2) is 17.3 Å². The quantitative estimate of drug-likeness (QED) is 0.747. The van der Waals surface area contributed by atoms with Crippen molar-refractivity contribution < 1.29 is 14.3 Å².